The van der Waals surface area contributed by atoms with Crippen LogP contribution in [0.25, 0.3) is 0 Å². The first-order chi connectivity index (χ1) is 11.8. The number of hydrogen-bond acceptors (Lipinski definition) is 5. The lowest BCUT2D eigenvalue weighted by atomic mass is 10.2. The molecule has 126 valence electrons. The molecule has 2 aromatic rings. The van der Waals surface area contributed by atoms with Crippen LogP contribution in [0.4, 0.5) is 21.5 Å². The second kappa shape index (κ2) is 7.01. The molecule has 0 spiro atoms. The maximum atomic E-state index is 14.5. The number of rotatable bonds is 4. The zero-order valence-corrected chi connectivity index (χ0v) is 14.3. The summed E-state index contributed by atoms with van der Waals surface area (Å²) in [4.78, 5) is 2.46. The number of nitrogens with one attached hydrogen (secondary N) is 1. The smallest absolute Gasteiger partial charge is 0.149 e. The third-order valence-electron chi connectivity index (χ3n) is 4.44. The van der Waals surface area contributed by atoms with E-state index in [1.807, 2.05) is 40.7 Å². The van der Waals surface area contributed by atoms with E-state index in [4.69, 9.17) is 0 Å². The van der Waals surface area contributed by atoms with Crippen molar-refractivity contribution in [3.05, 3.63) is 54.3 Å². The maximum absolute atomic E-state index is 14.5. The lowest BCUT2D eigenvalue weighted by Crippen LogP contribution is -2.45. The van der Waals surface area contributed by atoms with E-state index in [9.17, 15) is 4.39 Å². The fraction of sp³-hybridized carbons (Fsp3) is 0.333. The average Bonchev–Trinajstić information content (AvgIpc) is 3.02. The summed E-state index contributed by atoms with van der Waals surface area (Å²) < 4.78 is 18.7. The summed E-state index contributed by atoms with van der Waals surface area (Å²) in [7, 11) is 0. The Morgan fingerprint density at radius 2 is 1.75 bits per heavy atom. The number of nitrogens with zero attached hydrogens (tertiary/aromatic N) is 3. The standard InChI is InChI=1S/C18H21FN4S/c19-16-7-4-8-17-18(16)23(15-5-2-1-3-6-15)24-22(17)14-13-21-11-9-20-10-12-21/h1-8,20H,9-14H2. The van der Waals surface area contributed by atoms with E-state index in [0.717, 1.165) is 50.6 Å². The van der Waals surface area contributed by atoms with Crippen molar-refractivity contribution >= 4 is 29.2 Å². The summed E-state index contributed by atoms with van der Waals surface area (Å²) in [5.41, 5.74) is 2.62. The highest BCUT2D eigenvalue weighted by atomic mass is 32.2. The molecule has 4 rings (SSSR count). The van der Waals surface area contributed by atoms with Crippen LogP contribution in [0.2, 0.25) is 0 Å². The monoisotopic (exact) mass is 344 g/mol. The second-order valence-corrected chi connectivity index (χ2v) is 6.98. The highest BCUT2D eigenvalue weighted by Gasteiger charge is 2.31. The molecule has 2 heterocycles. The molecule has 4 nitrogen and oxygen atoms in total. The molecule has 2 aromatic carbocycles. The first-order valence-corrected chi connectivity index (χ1v) is 9.08. The molecule has 0 bridgehead atoms. The Balaban J connectivity index is 1.55. The predicted octanol–water partition coefficient (Wildman–Crippen LogP) is 3.25. The van der Waals surface area contributed by atoms with Crippen molar-refractivity contribution in [1.29, 1.82) is 0 Å². The number of halogens is 1. The Morgan fingerprint density at radius 1 is 0.958 bits per heavy atom. The van der Waals surface area contributed by atoms with Crippen molar-refractivity contribution in [1.82, 2.24) is 10.2 Å². The van der Waals surface area contributed by atoms with Crippen molar-refractivity contribution in [2.24, 2.45) is 0 Å². The maximum Gasteiger partial charge on any atom is 0.149 e. The number of hydrogen-bond donors (Lipinski definition) is 1. The molecule has 2 aliphatic heterocycles. The topological polar surface area (TPSA) is 21.8 Å². The van der Waals surface area contributed by atoms with E-state index in [-0.39, 0.29) is 5.82 Å². The molecule has 0 saturated carbocycles. The molecule has 0 aliphatic carbocycles. The number of piperazine rings is 1. The van der Waals surface area contributed by atoms with Crippen LogP contribution in [0.5, 0.6) is 0 Å². The molecular weight excluding hydrogens is 323 g/mol. The number of para-hydroxylation sites is 2. The summed E-state index contributed by atoms with van der Waals surface area (Å²) >= 11 is 1.58. The first-order valence-electron chi connectivity index (χ1n) is 8.35. The third-order valence-corrected chi connectivity index (χ3v) is 5.57. The quantitative estimate of drug-likeness (QED) is 0.857. The van der Waals surface area contributed by atoms with Crippen LogP contribution < -0.4 is 13.9 Å². The van der Waals surface area contributed by atoms with Gasteiger partial charge in [-0.05, 0) is 24.3 Å². The highest BCUT2D eigenvalue weighted by Crippen LogP contribution is 2.49. The van der Waals surface area contributed by atoms with Gasteiger partial charge in [-0.1, -0.05) is 24.3 Å². The van der Waals surface area contributed by atoms with Gasteiger partial charge in [-0.25, -0.2) is 4.39 Å². The van der Waals surface area contributed by atoms with E-state index < -0.39 is 0 Å². The molecule has 6 heteroatoms. The van der Waals surface area contributed by atoms with Gasteiger partial charge in [-0.2, -0.15) is 0 Å². The highest BCUT2D eigenvalue weighted by molar-refractivity contribution is 8.02. The fourth-order valence-electron chi connectivity index (χ4n) is 3.16. The Hall–Kier alpha value is -1.76. The molecule has 1 saturated heterocycles. The summed E-state index contributed by atoms with van der Waals surface area (Å²) in [6, 6.07) is 15.3. The first kappa shape index (κ1) is 15.7. The van der Waals surface area contributed by atoms with E-state index in [2.05, 4.69) is 14.5 Å². The van der Waals surface area contributed by atoms with Crippen LogP contribution in [0.1, 0.15) is 0 Å². The lowest BCUT2D eigenvalue weighted by molar-refractivity contribution is 0.248. The Bertz CT molecular complexity index is 691. The average molecular weight is 344 g/mol. The van der Waals surface area contributed by atoms with Gasteiger partial charge in [-0.3, -0.25) is 13.5 Å². The zero-order valence-electron chi connectivity index (χ0n) is 13.5. The molecule has 1 fully saturated rings. The van der Waals surface area contributed by atoms with Crippen LogP contribution in [-0.4, -0.2) is 44.2 Å². The molecular formula is C18H21FN4S. The van der Waals surface area contributed by atoms with E-state index >= 15 is 0 Å². The third kappa shape index (κ3) is 3.09. The van der Waals surface area contributed by atoms with Crippen molar-refractivity contribution in [3.63, 3.8) is 0 Å². The number of fused-ring (bicyclic) bond motifs is 1. The Morgan fingerprint density at radius 3 is 2.54 bits per heavy atom. The molecule has 0 aromatic heterocycles. The molecule has 0 unspecified atom stereocenters. The predicted molar refractivity (Wildman–Crippen MR) is 99.2 cm³/mol. The van der Waals surface area contributed by atoms with Crippen molar-refractivity contribution in [3.8, 4) is 0 Å². The Labute approximate surface area is 146 Å². The summed E-state index contributed by atoms with van der Waals surface area (Å²) in [5.74, 6) is -0.173. The largest absolute Gasteiger partial charge is 0.314 e. The summed E-state index contributed by atoms with van der Waals surface area (Å²) in [6.45, 7) is 6.13. The van der Waals surface area contributed by atoms with Crippen LogP contribution >= 0.6 is 12.1 Å². The van der Waals surface area contributed by atoms with Crippen LogP contribution in [0.3, 0.4) is 0 Å². The van der Waals surface area contributed by atoms with Gasteiger partial charge in [0.1, 0.15) is 11.5 Å². The molecule has 24 heavy (non-hydrogen) atoms. The van der Waals surface area contributed by atoms with Gasteiger partial charge >= 0.3 is 0 Å². The molecule has 1 N–H and O–H groups in total. The lowest BCUT2D eigenvalue weighted by Gasteiger charge is -2.29. The van der Waals surface area contributed by atoms with Gasteiger partial charge in [0.15, 0.2) is 0 Å². The zero-order chi connectivity index (χ0) is 16.4. The van der Waals surface area contributed by atoms with E-state index in [0.29, 0.717) is 5.69 Å². The number of anilines is 3. The second-order valence-electron chi connectivity index (χ2n) is 6.01. The van der Waals surface area contributed by atoms with Crippen molar-refractivity contribution in [2.75, 3.05) is 47.9 Å². The molecule has 2 aliphatic rings. The number of benzene rings is 2. The molecule has 0 radical (unpaired) electrons. The summed E-state index contributed by atoms with van der Waals surface area (Å²) in [6.07, 6.45) is 0. The van der Waals surface area contributed by atoms with E-state index in [1.54, 1.807) is 18.2 Å². The van der Waals surface area contributed by atoms with Gasteiger partial charge < -0.3 is 5.32 Å². The normalized spacial score (nSPS) is 18.0. The van der Waals surface area contributed by atoms with Crippen molar-refractivity contribution in [2.45, 2.75) is 0 Å². The van der Waals surface area contributed by atoms with Gasteiger partial charge in [0.05, 0.1) is 23.5 Å². The van der Waals surface area contributed by atoms with Gasteiger partial charge in [-0.15, -0.1) is 0 Å². The van der Waals surface area contributed by atoms with Crippen molar-refractivity contribution < 1.29 is 4.39 Å². The molecule has 0 amide bonds. The minimum atomic E-state index is -0.173. The fourth-order valence-corrected chi connectivity index (χ4v) is 4.23. The van der Waals surface area contributed by atoms with Crippen LogP contribution in [-0.2, 0) is 0 Å². The minimum absolute atomic E-state index is 0.173. The van der Waals surface area contributed by atoms with Gasteiger partial charge in [0.2, 0.25) is 0 Å². The van der Waals surface area contributed by atoms with Crippen LogP contribution in [0, 0.1) is 5.82 Å². The molecule has 0 atom stereocenters. The Kier molecular flexibility index (Phi) is 4.60. The van der Waals surface area contributed by atoms with Gasteiger partial charge in [0, 0.05) is 39.3 Å². The SMILES string of the molecule is Fc1cccc2c1N(c1ccccc1)SN2CCN1CCNCC1. The van der Waals surface area contributed by atoms with E-state index in [1.165, 1.54) is 6.07 Å². The van der Waals surface area contributed by atoms with Crippen LogP contribution in [0.15, 0.2) is 48.5 Å². The summed E-state index contributed by atoms with van der Waals surface area (Å²) in [5, 5.41) is 3.38. The van der Waals surface area contributed by atoms with Gasteiger partial charge in [0.25, 0.3) is 0 Å². The minimum Gasteiger partial charge on any atom is -0.314 e.